The summed E-state index contributed by atoms with van der Waals surface area (Å²) in [5.41, 5.74) is 0. The van der Waals surface area contributed by atoms with E-state index in [2.05, 4.69) is 8.37 Å². The van der Waals surface area contributed by atoms with E-state index >= 15 is 0 Å². The van der Waals surface area contributed by atoms with Crippen LogP contribution < -0.4 is 0 Å². The standard InChI is InChI=1S/C6H10F4O6S2/c1-4(16-18(13,14)6(9)10)2-3-15-17(11,12)5(7)8/h4-6H,2-3H2,1H3. The Kier molecular flexibility index (Phi) is 6.46. The van der Waals surface area contributed by atoms with Gasteiger partial charge in [-0.15, -0.1) is 0 Å². The summed E-state index contributed by atoms with van der Waals surface area (Å²) in [6.07, 6.45) is -1.81. The molecule has 1 atom stereocenters. The van der Waals surface area contributed by atoms with E-state index in [4.69, 9.17) is 0 Å². The quantitative estimate of drug-likeness (QED) is 0.488. The van der Waals surface area contributed by atoms with Gasteiger partial charge in [0.2, 0.25) is 0 Å². The van der Waals surface area contributed by atoms with Crippen LogP contribution in [0.5, 0.6) is 0 Å². The highest BCUT2D eigenvalue weighted by Gasteiger charge is 2.28. The highest BCUT2D eigenvalue weighted by atomic mass is 32.2. The van der Waals surface area contributed by atoms with Crippen LogP contribution in [0.4, 0.5) is 17.6 Å². The van der Waals surface area contributed by atoms with Gasteiger partial charge in [0.1, 0.15) is 0 Å². The first-order valence-electron chi connectivity index (χ1n) is 4.35. The first-order chi connectivity index (χ1) is 7.99. The summed E-state index contributed by atoms with van der Waals surface area (Å²) in [5.74, 6) is -7.48. The Morgan fingerprint density at radius 3 is 1.78 bits per heavy atom. The topological polar surface area (TPSA) is 86.7 Å². The third-order valence-electron chi connectivity index (χ3n) is 1.51. The maximum absolute atomic E-state index is 11.9. The minimum atomic E-state index is -5.07. The fraction of sp³-hybridized carbons (Fsp3) is 1.00. The highest BCUT2D eigenvalue weighted by molar-refractivity contribution is 7.87. The number of hydrogen-bond acceptors (Lipinski definition) is 6. The molecular weight excluding hydrogens is 308 g/mol. The molecular formula is C6H10F4O6S2. The van der Waals surface area contributed by atoms with E-state index in [0.29, 0.717) is 0 Å². The number of hydrogen-bond donors (Lipinski definition) is 0. The minimum absolute atomic E-state index is 0.474. The van der Waals surface area contributed by atoms with Gasteiger partial charge in [0.15, 0.2) is 0 Å². The van der Waals surface area contributed by atoms with E-state index in [0.717, 1.165) is 6.92 Å². The lowest BCUT2D eigenvalue weighted by molar-refractivity contribution is 0.143. The second-order valence-corrected chi connectivity index (χ2v) is 6.14. The zero-order valence-electron chi connectivity index (χ0n) is 8.92. The molecule has 12 heteroatoms. The van der Waals surface area contributed by atoms with Crippen molar-refractivity contribution in [1.29, 1.82) is 0 Å². The first-order valence-corrected chi connectivity index (χ1v) is 7.30. The number of rotatable bonds is 8. The second-order valence-electron chi connectivity index (χ2n) is 3.02. The molecule has 18 heavy (non-hydrogen) atoms. The van der Waals surface area contributed by atoms with Crippen molar-refractivity contribution in [2.24, 2.45) is 0 Å². The van der Waals surface area contributed by atoms with E-state index in [1.165, 1.54) is 0 Å². The Morgan fingerprint density at radius 1 is 0.944 bits per heavy atom. The van der Waals surface area contributed by atoms with Crippen molar-refractivity contribution < 1.29 is 42.8 Å². The summed E-state index contributed by atoms with van der Waals surface area (Å²) < 4.78 is 97.0. The Labute approximate surface area is 101 Å². The Bertz CT molecular complexity index is 445. The van der Waals surface area contributed by atoms with E-state index < -0.39 is 50.9 Å². The first kappa shape index (κ1) is 17.5. The van der Waals surface area contributed by atoms with Crippen LogP contribution in [0, 0.1) is 0 Å². The van der Waals surface area contributed by atoms with E-state index in [1.54, 1.807) is 0 Å². The van der Waals surface area contributed by atoms with E-state index in [9.17, 15) is 34.4 Å². The van der Waals surface area contributed by atoms with Gasteiger partial charge in [-0.2, -0.15) is 34.4 Å². The van der Waals surface area contributed by atoms with Crippen molar-refractivity contribution in [3.63, 3.8) is 0 Å². The van der Waals surface area contributed by atoms with Gasteiger partial charge >= 0.3 is 31.8 Å². The lowest BCUT2D eigenvalue weighted by Crippen LogP contribution is -2.23. The molecule has 0 rings (SSSR count). The second kappa shape index (κ2) is 6.63. The normalized spacial score (nSPS) is 15.3. The fourth-order valence-corrected chi connectivity index (χ4v) is 1.77. The molecule has 110 valence electrons. The SMILES string of the molecule is CC(CCOS(=O)(=O)C(F)F)OS(=O)(=O)C(F)F. The van der Waals surface area contributed by atoms with Crippen molar-refractivity contribution in [2.75, 3.05) is 6.61 Å². The van der Waals surface area contributed by atoms with Crippen LogP contribution >= 0.6 is 0 Å². The summed E-state index contributed by atoms with van der Waals surface area (Å²) in [7, 11) is -10.1. The maximum atomic E-state index is 11.9. The molecule has 0 saturated carbocycles. The van der Waals surface area contributed by atoms with Gasteiger partial charge in [-0.25, -0.2) is 0 Å². The maximum Gasteiger partial charge on any atom is 0.361 e. The van der Waals surface area contributed by atoms with Crippen molar-refractivity contribution >= 4 is 20.2 Å². The molecule has 0 saturated heterocycles. The van der Waals surface area contributed by atoms with Crippen LogP contribution in [0.15, 0.2) is 0 Å². The smallest absolute Gasteiger partial charge is 0.266 e. The van der Waals surface area contributed by atoms with Crippen molar-refractivity contribution in [3.8, 4) is 0 Å². The van der Waals surface area contributed by atoms with Crippen LogP contribution in [0.3, 0.4) is 0 Å². The molecule has 0 aliphatic rings. The molecule has 0 aromatic carbocycles. The van der Waals surface area contributed by atoms with Crippen molar-refractivity contribution in [2.45, 2.75) is 31.0 Å². The molecule has 1 unspecified atom stereocenters. The number of halogens is 4. The largest absolute Gasteiger partial charge is 0.361 e. The summed E-state index contributed by atoms with van der Waals surface area (Å²) >= 11 is 0. The molecule has 0 aliphatic carbocycles. The van der Waals surface area contributed by atoms with Gasteiger partial charge in [0, 0.05) is 0 Å². The van der Waals surface area contributed by atoms with Gasteiger partial charge in [0.05, 0.1) is 12.7 Å². The average Bonchev–Trinajstić information content (AvgIpc) is 2.15. The van der Waals surface area contributed by atoms with Crippen LogP contribution in [0.1, 0.15) is 13.3 Å². The summed E-state index contributed by atoms with van der Waals surface area (Å²) in [4.78, 5) is 0. The predicted octanol–water partition coefficient (Wildman–Crippen LogP) is 0.903. The third-order valence-corrected chi connectivity index (χ3v) is 3.47. The molecule has 0 fully saturated rings. The molecule has 0 spiro atoms. The van der Waals surface area contributed by atoms with Crippen LogP contribution in [0.2, 0.25) is 0 Å². The minimum Gasteiger partial charge on any atom is -0.266 e. The lowest BCUT2D eigenvalue weighted by atomic mass is 10.3. The summed E-state index contributed by atoms with van der Waals surface area (Å²) in [5, 5.41) is 0. The van der Waals surface area contributed by atoms with Crippen LogP contribution in [0.25, 0.3) is 0 Å². The average molecular weight is 318 g/mol. The van der Waals surface area contributed by atoms with Gasteiger partial charge in [-0.1, -0.05) is 0 Å². The number of alkyl halides is 4. The summed E-state index contributed by atoms with van der Waals surface area (Å²) in [6, 6.07) is 0. The van der Waals surface area contributed by atoms with Gasteiger partial charge in [-0.05, 0) is 13.3 Å². The lowest BCUT2D eigenvalue weighted by Gasteiger charge is -2.12. The molecule has 0 aromatic heterocycles. The Balaban J connectivity index is 4.19. The molecule has 0 N–H and O–H groups in total. The van der Waals surface area contributed by atoms with Crippen LogP contribution in [-0.2, 0) is 28.6 Å². The van der Waals surface area contributed by atoms with Crippen molar-refractivity contribution in [3.05, 3.63) is 0 Å². The van der Waals surface area contributed by atoms with E-state index in [1.807, 2.05) is 0 Å². The molecule has 0 radical (unpaired) electrons. The monoisotopic (exact) mass is 318 g/mol. The van der Waals surface area contributed by atoms with Gasteiger partial charge < -0.3 is 0 Å². The molecule has 0 amide bonds. The van der Waals surface area contributed by atoms with Crippen LogP contribution in [-0.4, -0.2) is 41.1 Å². The molecule has 0 aromatic rings. The zero-order valence-corrected chi connectivity index (χ0v) is 10.6. The highest BCUT2D eigenvalue weighted by Crippen LogP contribution is 2.13. The predicted molar refractivity (Wildman–Crippen MR) is 51.0 cm³/mol. The van der Waals surface area contributed by atoms with Gasteiger partial charge in [-0.3, -0.25) is 8.37 Å². The zero-order chi connectivity index (χ0) is 14.6. The summed E-state index contributed by atoms with van der Waals surface area (Å²) in [6.45, 7) is 0.227. The Morgan fingerprint density at radius 2 is 1.39 bits per heavy atom. The molecule has 0 aliphatic heterocycles. The van der Waals surface area contributed by atoms with Crippen molar-refractivity contribution in [1.82, 2.24) is 0 Å². The van der Waals surface area contributed by atoms with Gasteiger partial charge in [0.25, 0.3) is 0 Å². The van der Waals surface area contributed by atoms with E-state index in [-0.39, 0.29) is 0 Å². The molecule has 0 bridgehead atoms. The third kappa shape index (κ3) is 5.93. The molecule has 6 nitrogen and oxygen atoms in total. The Hall–Kier alpha value is -0.460. The fourth-order valence-electron chi connectivity index (χ4n) is 0.701. The molecule has 0 heterocycles.